The normalized spacial score (nSPS) is 29.8. The third kappa shape index (κ3) is 3.77. The van der Waals surface area contributed by atoms with Gasteiger partial charge in [-0.1, -0.05) is 6.07 Å². The molecule has 3 unspecified atom stereocenters. The summed E-state index contributed by atoms with van der Waals surface area (Å²) in [5, 5.41) is 0. The molecule has 2 N–H and O–H groups in total. The van der Waals surface area contributed by atoms with Gasteiger partial charge in [-0.15, -0.1) is 0 Å². The van der Waals surface area contributed by atoms with E-state index in [9.17, 15) is 4.79 Å². The van der Waals surface area contributed by atoms with Gasteiger partial charge in [0.15, 0.2) is 0 Å². The molecule has 2 aliphatic heterocycles. The molecule has 4 rings (SSSR count). The first-order chi connectivity index (χ1) is 11.8. The Morgan fingerprint density at radius 1 is 1.29 bits per heavy atom. The number of nitrogens with zero attached hydrogens (tertiary/aromatic N) is 2. The molecular weight excluding hydrogens is 304 g/mol. The maximum Gasteiger partial charge on any atom is 0.241 e. The first kappa shape index (κ1) is 16.0. The van der Waals surface area contributed by atoms with Gasteiger partial charge in [-0.25, -0.2) is 5.43 Å². The molecule has 3 atom stereocenters. The van der Waals surface area contributed by atoms with Crippen LogP contribution in [0, 0.1) is 5.92 Å². The summed E-state index contributed by atoms with van der Waals surface area (Å²) in [6, 6.07) is 6.15. The average molecular weight is 330 g/mol. The van der Waals surface area contributed by atoms with E-state index in [-0.39, 0.29) is 18.1 Å². The molecule has 3 fully saturated rings. The van der Waals surface area contributed by atoms with E-state index in [0.29, 0.717) is 19.1 Å². The fraction of sp³-hybridized carbons (Fsp3) is 0.667. The van der Waals surface area contributed by atoms with Crippen molar-refractivity contribution in [2.24, 2.45) is 5.92 Å². The van der Waals surface area contributed by atoms with Crippen LogP contribution >= 0.6 is 0 Å². The third-order valence-electron chi connectivity index (χ3n) is 5.26. The number of carbonyl (C=O) groups excluding carboxylic acids is 1. The zero-order valence-corrected chi connectivity index (χ0v) is 14.0. The van der Waals surface area contributed by atoms with Crippen molar-refractivity contribution < 1.29 is 9.53 Å². The van der Waals surface area contributed by atoms with Crippen molar-refractivity contribution in [3.63, 3.8) is 0 Å². The molecule has 0 radical (unpaired) electrons. The van der Waals surface area contributed by atoms with Crippen molar-refractivity contribution in [2.75, 3.05) is 13.2 Å². The van der Waals surface area contributed by atoms with Crippen LogP contribution in [0.5, 0.6) is 0 Å². The van der Waals surface area contributed by atoms with Crippen molar-refractivity contribution in [1.29, 1.82) is 0 Å². The molecule has 1 aliphatic carbocycles. The lowest BCUT2D eigenvalue weighted by molar-refractivity contribution is -0.135. The van der Waals surface area contributed by atoms with E-state index in [0.717, 1.165) is 37.5 Å². The molecule has 1 saturated carbocycles. The van der Waals surface area contributed by atoms with Gasteiger partial charge in [0.1, 0.15) is 6.04 Å². The van der Waals surface area contributed by atoms with E-state index in [1.54, 1.807) is 6.20 Å². The molecule has 0 bridgehead atoms. The SMILES string of the molecule is O=C(C1CC(C2CC2)NN1)N(Cc1ccccn1)CC1CCCO1. The van der Waals surface area contributed by atoms with Crippen LogP contribution in [0.2, 0.25) is 0 Å². The minimum atomic E-state index is -0.138. The van der Waals surface area contributed by atoms with Gasteiger partial charge < -0.3 is 9.64 Å². The highest BCUT2D eigenvalue weighted by Gasteiger charge is 2.40. The van der Waals surface area contributed by atoms with Gasteiger partial charge in [0, 0.05) is 25.4 Å². The Morgan fingerprint density at radius 2 is 2.21 bits per heavy atom. The molecule has 3 heterocycles. The number of aromatic nitrogens is 1. The van der Waals surface area contributed by atoms with Crippen molar-refractivity contribution in [3.05, 3.63) is 30.1 Å². The zero-order chi connectivity index (χ0) is 16.4. The molecule has 0 aromatic carbocycles. The number of hydrogen-bond acceptors (Lipinski definition) is 5. The zero-order valence-electron chi connectivity index (χ0n) is 14.0. The Kier molecular flexibility index (Phi) is 4.78. The predicted octanol–water partition coefficient (Wildman–Crippen LogP) is 1.23. The number of hydrogen-bond donors (Lipinski definition) is 2. The predicted molar refractivity (Wildman–Crippen MR) is 89.8 cm³/mol. The largest absolute Gasteiger partial charge is 0.376 e. The standard InChI is InChI=1S/C18H26N4O2/c23-18(17-10-16(20-21-17)13-6-7-13)22(12-15-5-3-9-24-15)11-14-4-1-2-8-19-14/h1-2,4,8,13,15-17,20-21H,3,5-7,9-12H2. The van der Waals surface area contributed by atoms with Gasteiger partial charge in [-0.05, 0) is 50.2 Å². The Labute approximate surface area is 142 Å². The monoisotopic (exact) mass is 330 g/mol. The molecule has 0 spiro atoms. The van der Waals surface area contributed by atoms with Crippen LogP contribution in [0.15, 0.2) is 24.4 Å². The summed E-state index contributed by atoms with van der Waals surface area (Å²) in [6.45, 7) is 2.01. The van der Waals surface area contributed by atoms with E-state index < -0.39 is 0 Å². The second-order valence-electron chi connectivity index (χ2n) is 7.20. The summed E-state index contributed by atoms with van der Waals surface area (Å²) in [4.78, 5) is 19.4. The number of carbonyl (C=O) groups is 1. The highest BCUT2D eigenvalue weighted by atomic mass is 16.5. The first-order valence-electron chi connectivity index (χ1n) is 9.11. The van der Waals surface area contributed by atoms with Gasteiger partial charge in [-0.2, -0.15) is 0 Å². The van der Waals surface area contributed by atoms with Crippen molar-refractivity contribution in [1.82, 2.24) is 20.7 Å². The molecule has 24 heavy (non-hydrogen) atoms. The second-order valence-corrected chi connectivity index (χ2v) is 7.20. The summed E-state index contributed by atoms with van der Waals surface area (Å²) in [7, 11) is 0. The van der Waals surface area contributed by atoms with Gasteiger partial charge in [0.25, 0.3) is 0 Å². The number of pyridine rings is 1. The van der Waals surface area contributed by atoms with E-state index >= 15 is 0 Å². The minimum Gasteiger partial charge on any atom is -0.376 e. The molecule has 6 nitrogen and oxygen atoms in total. The Morgan fingerprint density at radius 3 is 2.92 bits per heavy atom. The van der Waals surface area contributed by atoms with Crippen LogP contribution in [0.4, 0.5) is 0 Å². The first-order valence-corrected chi connectivity index (χ1v) is 9.11. The van der Waals surface area contributed by atoms with Crippen LogP contribution in [-0.2, 0) is 16.1 Å². The summed E-state index contributed by atoms with van der Waals surface area (Å²) in [5.74, 6) is 0.907. The smallest absolute Gasteiger partial charge is 0.241 e. The van der Waals surface area contributed by atoms with E-state index in [1.807, 2.05) is 23.1 Å². The number of rotatable bonds is 6. The minimum absolute atomic E-state index is 0.138. The van der Waals surface area contributed by atoms with E-state index in [4.69, 9.17) is 4.74 Å². The van der Waals surface area contributed by atoms with E-state index in [1.165, 1.54) is 12.8 Å². The van der Waals surface area contributed by atoms with Crippen LogP contribution in [0.25, 0.3) is 0 Å². The molecule has 1 aromatic rings. The van der Waals surface area contributed by atoms with Gasteiger partial charge in [0.05, 0.1) is 18.3 Å². The maximum absolute atomic E-state index is 13.1. The van der Waals surface area contributed by atoms with Crippen molar-refractivity contribution >= 4 is 5.91 Å². The Bertz CT molecular complexity index is 557. The van der Waals surface area contributed by atoms with Crippen molar-refractivity contribution in [3.8, 4) is 0 Å². The van der Waals surface area contributed by atoms with Crippen molar-refractivity contribution in [2.45, 2.75) is 56.8 Å². The number of amides is 1. The van der Waals surface area contributed by atoms with Crippen LogP contribution in [0.3, 0.4) is 0 Å². The lowest BCUT2D eigenvalue weighted by Crippen LogP contribution is -2.47. The molecule has 1 amide bonds. The average Bonchev–Trinajstić information content (AvgIpc) is 3.11. The second kappa shape index (κ2) is 7.17. The summed E-state index contributed by atoms with van der Waals surface area (Å²) < 4.78 is 5.75. The van der Waals surface area contributed by atoms with Crippen LogP contribution < -0.4 is 10.9 Å². The molecule has 2 saturated heterocycles. The Hall–Kier alpha value is -1.50. The lowest BCUT2D eigenvalue weighted by Gasteiger charge is -2.27. The fourth-order valence-electron chi connectivity index (χ4n) is 3.73. The Balaban J connectivity index is 1.42. The van der Waals surface area contributed by atoms with Gasteiger partial charge in [-0.3, -0.25) is 15.2 Å². The maximum atomic E-state index is 13.1. The molecule has 6 heteroatoms. The van der Waals surface area contributed by atoms with Crippen LogP contribution in [0.1, 0.15) is 37.8 Å². The molecule has 3 aliphatic rings. The van der Waals surface area contributed by atoms with Gasteiger partial charge in [0.2, 0.25) is 5.91 Å². The lowest BCUT2D eigenvalue weighted by atomic mass is 10.0. The fourth-order valence-corrected chi connectivity index (χ4v) is 3.73. The molecule has 130 valence electrons. The number of ether oxygens (including phenoxy) is 1. The summed E-state index contributed by atoms with van der Waals surface area (Å²) >= 11 is 0. The quantitative estimate of drug-likeness (QED) is 0.821. The highest BCUT2D eigenvalue weighted by molar-refractivity contribution is 5.82. The number of hydrazine groups is 1. The molecular formula is C18H26N4O2. The third-order valence-corrected chi connectivity index (χ3v) is 5.26. The summed E-state index contributed by atoms with van der Waals surface area (Å²) in [6.07, 6.45) is 7.51. The highest BCUT2D eigenvalue weighted by Crippen LogP contribution is 2.35. The van der Waals surface area contributed by atoms with Crippen LogP contribution in [-0.4, -0.2) is 47.1 Å². The molecule has 1 aromatic heterocycles. The topological polar surface area (TPSA) is 66.5 Å². The van der Waals surface area contributed by atoms with E-state index in [2.05, 4.69) is 15.8 Å². The van der Waals surface area contributed by atoms with Gasteiger partial charge >= 0.3 is 0 Å². The number of nitrogens with one attached hydrogen (secondary N) is 2. The summed E-state index contributed by atoms with van der Waals surface area (Å²) in [5.41, 5.74) is 7.46.